The van der Waals surface area contributed by atoms with Crippen molar-refractivity contribution in [2.75, 3.05) is 0 Å². The van der Waals surface area contributed by atoms with E-state index in [0.717, 1.165) is 12.0 Å². The van der Waals surface area contributed by atoms with Gasteiger partial charge in [0.25, 0.3) is 0 Å². The summed E-state index contributed by atoms with van der Waals surface area (Å²) in [6.45, 7) is 7.17. The lowest BCUT2D eigenvalue weighted by molar-refractivity contribution is -0.0475. The number of ether oxygens (including phenoxy) is 1. The summed E-state index contributed by atoms with van der Waals surface area (Å²) in [5.41, 5.74) is 1.12. The Hall–Kier alpha value is -1.35. The first-order valence-electron chi connectivity index (χ1n) is 7.91. The summed E-state index contributed by atoms with van der Waals surface area (Å²) in [4.78, 5) is 11.2. The number of hydrogen-bond acceptors (Lipinski definition) is 2. The van der Waals surface area contributed by atoms with Gasteiger partial charge in [0.15, 0.2) is 0 Å². The van der Waals surface area contributed by atoms with Crippen LogP contribution in [0.2, 0.25) is 0 Å². The van der Waals surface area contributed by atoms with Crippen molar-refractivity contribution in [3.63, 3.8) is 0 Å². The zero-order valence-corrected chi connectivity index (χ0v) is 13.2. The molecule has 3 nitrogen and oxygen atoms in total. The molecule has 1 fully saturated rings. The first-order chi connectivity index (χ1) is 9.99. The summed E-state index contributed by atoms with van der Waals surface area (Å²) >= 11 is 0. The standard InChI is InChI=1S/C18H26O3/c1-12(2)15-9-8-13(3)10-17(15)21-11-14-6-4-5-7-16(14)18(19)20/h4-7,12-13,15,17H,8-11H2,1-3H3,(H,19,20). The maximum absolute atomic E-state index is 11.2. The Kier molecular flexibility index (Phi) is 5.40. The number of carbonyl (C=O) groups is 1. The lowest BCUT2D eigenvalue weighted by Crippen LogP contribution is -2.34. The van der Waals surface area contributed by atoms with E-state index in [0.29, 0.717) is 29.9 Å². The van der Waals surface area contributed by atoms with Crippen LogP contribution in [0.4, 0.5) is 0 Å². The van der Waals surface area contributed by atoms with Crippen molar-refractivity contribution in [2.24, 2.45) is 17.8 Å². The van der Waals surface area contributed by atoms with Crippen LogP contribution in [0.15, 0.2) is 24.3 Å². The van der Waals surface area contributed by atoms with E-state index in [-0.39, 0.29) is 6.10 Å². The van der Waals surface area contributed by atoms with Gasteiger partial charge in [-0.05, 0) is 42.2 Å². The van der Waals surface area contributed by atoms with Gasteiger partial charge in [0.05, 0.1) is 18.3 Å². The summed E-state index contributed by atoms with van der Waals surface area (Å²) in [6.07, 6.45) is 3.81. The molecular weight excluding hydrogens is 264 g/mol. The maximum atomic E-state index is 11.2. The third-order valence-electron chi connectivity index (χ3n) is 4.66. The fourth-order valence-electron chi connectivity index (χ4n) is 3.36. The predicted octanol–water partition coefficient (Wildman–Crippen LogP) is 4.36. The van der Waals surface area contributed by atoms with E-state index in [4.69, 9.17) is 4.74 Å². The fraction of sp³-hybridized carbons (Fsp3) is 0.611. The fourth-order valence-corrected chi connectivity index (χ4v) is 3.36. The van der Waals surface area contributed by atoms with Crippen LogP contribution in [-0.2, 0) is 11.3 Å². The van der Waals surface area contributed by atoms with Crippen LogP contribution < -0.4 is 0 Å². The molecule has 1 N–H and O–H groups in total. The number of carboxylic acid groups (broad SMARTS) is 1. The van der Waals surface area contributed by atoms with E-state index in [1.54, 1.807) is 12.1 Å². The molecular formula is C18H26O3. The van der Waals surface area contributed by atoms with E-state index >= 15 is 0 Å². The topological polar surface area (TPSA) is 46.5 Å². The number of rotatable bonds is 5. The molecule has 2 rings (SSSR count). The highest BCUT2D eigenvalue weighted by Gasteiger charge is 2.31. The normalized spacial score (nSPS) is 26.0. The lowest BCUT2D eigenvalue weighted by atomic mass is 9.75. The molecule has 0 spiro atoms. The molecule has 0 aliphatic heterocycles. The van der Waals surface area contributed by atoms with Gasteiger partial charge in [-0.15, -0.1) is 0 Å². The van der Waals surface area contributed by atoms with Crippen molar-refractivity contribution in [1.82, 2.24) is 0 Å². The Labute approximate surface area is 127 Å². The molecule has 1 saturated carbocycles. The molecule has 1 aromatic rings. The highest BCUT2D eigenvalue weighted by molar-refractivity contribution is 5.89. The van der Waals surface area contributed by atoms with Crippen LogP contribution in [0, 0.1) is 17.8 Å². The minimum atomic E-state index is -0.883. The number of carboxylic acids is 1. The van der Waals surface area contributed by atoms with Crippen LogP contribution in [0.25, 0.3) is 0 Å². The largest absolute Gasteiger partial charge is 0.478 e. The summed E-state index contributed by atoms with van der Waals surface area (Å²) in [6, 6.07) is 7.12. The van der Waals surface area contributed by atoms with Crippen LogP contribution in [0.3, 0.4) is 0 Å². The van der Waals surface area contributed by atoms with Gasteiger partial charge in [-0.2, -0.15) is 0 Å². The smallest absolute Gasteiger partial charge is 0.336 e. The predicted molar refractivity (Wildman–Crippen MR) is 83.3 cm³/mol. The molecule has 21 heavy (non-hydrogen) atoms. The monoisotopic (exact) mass is 290 g/mol. The van der Waals surface area contributed by atoms with Gasteiger partial charge < -0.3 is 9.84 Å². The van der Waals surface area contributed by atoms with Crippen LogP contribution in [-0.4, -0.2) is 17.2 Å². The Morgan fingerprint density at radius 1 is 1.33 bits per heavy atom. The Balaban J connectivity index is 2.05. The van der Waals surface area contributed by atoms with E-state index < -0.39 is 5.97 Å². The van der Waals surface area contributed by atoms with Gasteiger partial charge in [-0.25, -0.2) is 4.79 Å². The number of aromatic carboxylic acids is 1. The summed E-state index contributed by atoms with van der Waals surface area (Å²) in [5.74, 6) is 1.00. The molecule has 0 radical (unpaired) electrons. The van der Waals surface area contributed by atoms with Crippen molar-refractivity contribution < 1.29 is 14.6 Å². The van der Waals surface area contributed by atoms with Crippen molar-refractivity contribution in [2.45, 2.75) is 52.7 Å². The van der Waals surface area contributed by atoms with Crippen molar-refractivity contribution in [3.8, 4) is 0 Å². The van der Waals surface area contributed by atoms with Crippen LogP contribution in [0.5, 0.6) is 0 Å². The third kappa shape index (κ3) is 4.07. The highest BCUT2D eigenvalue weighted by Crippen LogP contribution is 2.35. The molecule has 3 atom stereocenters. The number of hydrogen-bond donors (Lipinski definition) is 1. The average molecular weight is 290 g/mol. The van der Waals surface area contributed by atoms with E-state index in [9.17, 15) is 9.90 Å². The molecule has 0 amide bonds. The molecule has 0 heterocycles. The average Bonchev–Trinajstić information content (AvgIpc) is 2.45. The first kappa shape index (κ1) is 16.0. The molecule has 0 bridgehead atoms. The van der Waals surface area contributed by atoms with Crippen molar-refractivity contribution in [3.05, 3.63) is 35.4 Å². The minimum Gasteiger partial charge on any atom is -0.478 e. The molecule has 0 aromatic heterocycles. The quantitative estimate of drug-likeness (QED) is 0.876. The Morgan fingerprint density at radius 3 is 2.71 bits per heavy atom. The van der Waals surface area contributed by atoms with Crippen LogP contribution in [0.1, 0.15) is 56.0 Å². The van der Waals surface area contributed by atoms with E-state index in [2.05, 4.69) is 20.8 Å². The SMILES string of the molecule is CC1CCC(C(C)C)C(OCc2ccccc2C(=O)O)C1. The van der Waals surface area contributed by atoms with Gasteiger partial charge in [0, 0.05) is 0 Å². The third-order valence-corrected chi connectivity index (χ3v) is 4.66. The van der Waals surface area contributed by atoms with E-state index in [1.807, 2.05) is 12.1 Å². The number of benzene rings is 1. The Bertz CT molecular complexity index is 481. The zero-order chi connectivity index (χ0) is 15.4. The van der Waals surface area contributed by atoms with Crippen molar-refractivity contribution >= 4 is 5.97 Å². The molecule has 116 valence electrons. The second-order valence-electron chi connectivity index (χ2n) is 6.64. The second-order valence-corrected chi connectivity index (χ2v) is 6.64. The molecule has 3 heteroatoms. The summed E-state index contributed by atoms with van der Waals surface area (Å²) in [5, 5.41) is 9.23. The van der Waals surface area contributed by atoms with Gasteiger partial charge in [-0.1, -0.05) is 45.4 Å². The van der Waals surface area contributed by atoms with Gasteiger partial charge in [-0.3, -0.25) is 0 Å². The molecule has 1 aliphatic carbocycles. The van der Waals surface area contributed by atoms with Crippen molar-refractivity contribution in [1.29, 1.82) is 0 Å². The van der Waals surface area contributed by atoms with E-state index in [1.165, 1.54) is 12.8 Å². The summed E-state index contributed by atoms with van der Waals surface area (Å²) < 4.78 is 6.14. The first-order valence-corrected chi connectivity index (χ1v) is 7.91. The van der Waals surface area contributed by atoms with Crippen LogP contribution >= 0.6 is 0 Å². The van der Waals surface area contributed by atoms with Gasteiger partial charge in [0.1, 0.15) is 0 Å². The zero-order valence-electron chi connectivity index (χ0n) is 13.2. The Morgan fingerprint density at radius 2 is 2.05 bits per heavy atom. The second kappa shape index (κ2) is 7.08. The molecule has 1 aliphatic rings. The highest BCUT2D eigenvalue weighted by atomic mass is 16.5. The van der Waals surface area contributed by atoms with Gasteiger partial charge in [0.2, 0.25) is 0 Å². The van der Waals surface area contributed by atoms with Gasteiger partial charge >= 0.3 is 5.97 Å². The minimum absolute atomic E-state index is 0.246. The maximum Gasteiger partial charge on any atom is 0.336 e. The molecule has 3 unspecified atom stereocenters. The molecule has 0 saturated heterocycles. The summed E-state index contributed by atoms with van der Waals surface area (Å²) in [7, 11) is 0. The lowest BCUT2D eigenvalue weighted by Gasteiger charge is -2.37. The molecule has 1 aromatic carbocycles.